The van der Waals surface area contributed by atoms with Gasteiger partial charge in [-0.25, -0.2) is 0 Å². The monoisotopic (exact) mass is 280 g/mol. The Morgan fingerprint density at radius 1 is 1.05 bits per heavy atom. The van der Waals surface area contributed by atoms with Crippen molar-refractivity contribution in [3.63, 3.8) is 0 Å². The molecule has 0 fully saturated rings. The van der Waals surface area contributed by atoms with Crippen LogP contribution in [0.2, 0.25) is 0 Å². The van der Waals surface area contributed by atoms with Gasteiger partial charge in [-0.1, -0.05) is 39.0 Å². The molecule has 0 saturated carbocycles. The minimum atomic E-state index is -0.00451. The molecule has 0 unspecified atom stereocenters. The van der Waals surface area contributed by atoms with Gasteiger partial charge in [0.2, 0.25) is 0 Å². The molecule has 0 aliphatic rings. The van der Waals surface area contributed by atoms with E-state index in [9.17, 15) is 4.79 Å². The number of rotatable bonds is 11. The van der Waals surface area contributed by atoms with Gasteiger partial charge in [-0.05, 0) is 18.9 Å². The Kier molecular flexibility index (Phi) is 8.79. The lowest BCUT2D eigenvalue weighted by Crippen LogP contribution is -2.19. The van der Waals surface area contributed by atoms with Crippen LogP contribution >= 0.6 is 0 Å². The zero-order chi connectivity index (χ0) is 14.6. The highest BCUT2D eigenvalue weighted by Gasteiger charge is 1.97. The molecule has 0 aromatic carbocycles. The summed E-state index contributed by atoms with van der Waals surface area (Å²) in [4.78, 5) is 11.5. The first-order valence-corrected chi connectivity index (χ1v) is 7.77. The molecule has 0 radical (unpaired) electrons. The average Bonchev–Trinajstić information content (AvgIpc) is 2.44. The molecule has 0 aliphatic heterocycles. The van der Waals surface area contributed by atoms with Crippen LogP contribution in [0.15, 0.2) is 23.1 Å². The van der Waals surface area contributed by atoms with E-state index in [0.717, 1.165) is 19.4 Å². The molecule has 0 amide bonds. The Morgan fingerprint density at radius 3 is 2.55 bits per heavy atom. The van der Waals surface area contributed by atoms with E-state index in [4.69, 9.17) is 10.5 Å². The van der Waals surface area contributed by atoms with E-state index in [2.05, 4.69) is 6.92 Å². The fraction of sp³-hybridized carbons (Fsp3) is 0.688. The van der Waals surface area contributed by atoms with Crippen molar-refractivity contribution in [2.45, 2.75) is 58.4 Å². The summed E-state index contributed by atoms with van der Waals surface area (Å²) in [6, 6.07) is 3.14. The van der Waals surface area contributed by atoms with Gasteiger partial charge in [-0.3, -0.25) is 4.79 Å². The number of nitrogens with two attached hydrogens (primary N) is 1. The second-order valence-corrected chi connectivity index (χ2v) is 5.23. The summed E-state index contributed by atoms with van der Waals surface area (Å²) in [5.74, 6) is 0. The van der Waals surface area contributed by atoms with Crippen LogP contribution < -0.4 is 11.3 Å². The zero-order valence-electron chi connectivity index (χ0n) is 12.6. The van der Waals surface area contributed by atoms with Crippen LogP contribution in [0.4, 0.5) is 5.69 Å². The van der Waals surface area contributed by atoms with E-state index >= 15 is 0 Å². The van der Waals surface area contributed by atoms with Gasteiger partial charge in [0, 0.05) is 37.7 Å². The smallest absolute Gasteiger partial charge is 0.250 e. The van der Waals surface area contributed by atoms with Crippen LogP contribution in [-0.4, -0.2) is 17.8 Å². The van der Waals surface area contributed by atoms with Crippen molar-refractivity contribution in [3.8, 4) is 0 Å². The van der Waals surface area contributed by atoms with E-state index < -0.39 is 0 Å². The van der Waals surface area contributed by atoms with Crippen LogP contribution in [0.1, 0.15) is 51.9 Å². The van der Waals surface area contributed by atoms with E-state index in [0.29, 0.717) is 18.8 Å². The molecule has 0 atom stereocenters. The van der Waals surface area contributed by atoms with Gasteiger partial charge >= 0.3 is 0 Å². The molecule has 0 bridgehead atoms. The molecule has 0 aliphatic carbocycles. The van der Waals surface area contributed by atoms with Crippen molar-refractivity contribution in [1.29, 1.82) is 0 Å². The van der Waals surface area contributed by atoms with E-state index in [1.165, 1.54) is 38.2 Å². The normalized spacial score (nSPS) is 10.8. The second kappa shape index (κ2) is 10.5. The highest BCUT2D eigenvalue weighted by Crippen LogP contribution is 2.05. The molecule has 1 aromatic heterocycles. The third kappa shape index (κ3) is 7.34. The fourth-order valence-corrected chi connectivity index (χ4v) is 2.15. The molecule has 4 nitrogen and oxygen atoms in total. The number of aromatic nitrogens is 1. The Balaban J connectivity index is 1.99. The fourth-order valence-electron chi connectivity index (χ4n) is 2.15. The number of unbranched alkanes of at least 4 members (excludes halogenated alkanes) is 5. The second-order valence-electron chi connectivity index (χ2n) is 5.23. The lowest BCUT2D eigenvalue weighted by molar-refractivity contribution is 0.124. The maximum absolute atomic E-state index is 11.5. The van der Waals surface area contributed by atoms with Crippen molar-refractivity contribution in [2.75, 3.05) is 18.9 Å². The molecule has 114 valence electrons. The summed E-state index contributed by atoms with van der Waals surface area (Å²) in [6.07, 6.45) is 10.2. The van der Waals surface area contributed by atoms with Crippen LogP contribution in [0, 0.1) is 0 Å². The molecular weight excluding hydrogens is 252 g/mol. The largest absolute Gasteiger partial charge is 0.398 e. The summed E-state index contributed by atoms with van der Waals surface area (Å²) in [7, 11) is 0. The van der Waals surface area contributed by atoms with Gasteiger partial charge in [0.15, 0.2) is 0 Å². The van der Waals surface area contributed by atoms with Crippen LogP contribution in [0.25, 0.3) is 0 Å². The van der Waals surface area contributed by atoms with E-state index in [1.54, 1.807) is 16.8 Å². The van der Waals surface area contributed by atoms with Gasteiger partial charge in [0.1, 0.15) is 0 Å². The standard InChI is InChI=1S/C16H28N2O2/c1-2-3-4-5-6-7-12-20-13-8-11-18-14-15(17)9-10-16(18)19/h9-10,14H,2-8,11-13,17H2,1H3. The molecule has 4 heteroatoms. The van der Waals surface area contributed by atoms with Gasteiger partial charge < -0.3 is 15.0 Å². The first-order valence-electron chi connectivity index (χ1n) is 7.77. The molecule has 20 heavy (non-hydrogen) atoms. The number of nitrogens with zero attached hydrogens (tertiary/aromatic N) is 1. The number of pyridine rings is 1. The summed E-state index contributed by atoms with van der Waals surface area (Å²) in [5.41, 5.74) is 6.27. The van der Waals surface area contributed by atoms with Crippen molar-refractivity contribution >= 4 is 5.69 Å². The quantitative estimate of drug-likeness (QED) is 0.633. The average molecular weight is 280 g/mol. The van der Waals surface area contributed by atoms with Gasteiger partial charge in [0.25, 0.3) is 5.56 Å². The van der Waals surface area contributed by atoms with E-state index in [1.807, 2.05) is 0 Å². The van der Waals surface area contributed by atoms with Gasteiger partial charge in [-0.2, -0.15) is 0 Å². The predicted molar refractivity (Wildman–Crippen MR) is 83.9 cm³/mol. The van der Waals surface area contributed by atoms with Crippen molar-refractivity contribution in [1.82, 2.24) is 4.57 Å². The molecule has 1 rings (SSSR count). The first-order chi connectivity index (χ1) is 9.74. The predicted octanol–water partition coefficient (Wildman–Crippen LogP) is 3.20. The minimum absolute atomic E-state index is 0.00451. The molecular formula is C16H28N2O2. The van der Waals surface area contributed by atoms with Crippen LogP contribution in [0.5, 0.6) is 0 Å². The highest BCUT2D eigenvalue weighted by atomic mass is 16.5. The Morgan fingerprint density at radius 2 is 1.75 bits per heavy atom. The maximum atomic E-state index is 11.5. The lowest BCUT2D eigenvalue weighted by atomic mass is 10.1. The first kappa shape index (κ1) is 16.8. The van der Waals surface area contributed by atoms with Crippen molar-refractivity contribution < 1.29 is 4.74 Å². The summed E-state index contributed by atoms with van der Waals surface area (Å²) >= 11 is 0. The number of hydrogen-bond acceptors (Lipinski definition) is 3. The SMILES string of the molecule is CCCCCCCCOCCCn1cc(N)ccc1=O. The molecule has 1 heterocycles. The molecule has 1 aromatic rings. The van der Waals surface area contributed by atoms with Gasteiger partial charge in [-0.15, -0.1) is 0 Å². The number of ether oxygens (including phenoxy) is 1. The molecule has 0 saturated heterocycles. The minimum Gasteiger partial charge on any atom is -0.398 e. The Labute approximate surface area is 121 Å². The maximum Gasteiger partial charge on any atom is 0.250 e. The van der Waals surface area contributed by atoms with Crippen LogP contribution in [0.3, 0.4) is 0 Å². The molecule has 0 spiro atoms. The third-order valence-electron chi connectivity index (χ3n) is 3.34. The number of hydrogen-bond donors (Lipinski definition) is 1. The number of anilines is 1. The molecule has 2 N–H and O–H groups in total. The van der Waals surface area contributed by atoms with Crippen LogP contribution in [-0.2, 0) is 11.3 Å². The number of aryl methyl sites for hydroxylation is 1. The lowest BCUT2D eigenvalue weighted by Gasteiger charge is -2.07. The summed E-state index contributed by atoms with van der Waals surface area (Å²) in [5, 5.41) is 0. The number of nitrogen functional groups attached to an aromatic ring is 1. The Bertz CT molecular complexity index is 415. The third-order valence-corrected chi connectivity index (χ3v) is 3.34. The van der Waals surface area contributed by atoms with Gasteiger partial charge in [0.05, 0.1) is 0 Å². The van der Waals surface area contributed by atoms with Crippen molar-refractivity contribution in [3.05, 3.63) is 28.7 Å². The summed E-state index contributed by atoms with van der Waals surface area (Å²) < 4.78 is 7.23. The topological polar surface area (TPSA) is 57.2 Å². The Hall–Kier alpha value is -1.29. The van der Waals surface area contributed by atoms with E-state index in [-0.39, 0.29) is 5.56 Å². The highest BCUT2D eigenvalue weighted by molar-refractivity contribution is 5.33. The summed E-state index contributed by atoms with van der Waals surface area (Å²) in [6.45, 7) is 4.43. The van der Waals surface area contributed by atoms with Crippen molar-refractivity contribution in [2.24, 2.45) is 0 Å². The zero-order valence-corrected chi connectivity index (χ0v) is 12.6.